The number of guanidine groups is 1. The standard InChI is InChI=1S/C19H39N5O3/c1-9-12-20-16(21-13-15(25)24(7)8)22-14-19(10-2,11-3)23-17(26)27-18(4,5)6/h9-14H2,1-8H3,(H,23,26)(H2,20,21,22). The number of amides is 2. The molecule has 0 fully saturated rings. The van der Waals surface area contributed by atoms with E-state index in [1.165, 1.54) is 4.90 Å². The van der Waals surface area contributed by atoms with E-state index < -0.39 is 17.2 Å². The molecule has 0 atom stereocenters. The third kappa shape index (κ3) is 10.7. The lowest BCUT2D eigenvalue weighted by molar-refractivity contribution is -0.127. The Morgan fingerprint density at radius 2 is 1.63 bits per heavy atom. The van der Waals surface area contributed by atoms with E-state index in [0.717, 1.165) is 25.8 Å². The summed E-state index contributed by atoms with van der Waals surface area (Å²) in [5, 5.41) is 9.46. The summed E-state index contributed by atoms with van der Waals surface area (Å²) >= 11 is 0. The van der Waals surface area contributed by atoms with E-state index in [-0.39, 0.29) is 12.5 Å². The summed E-state index contributed by atoms with van der Waals surface area (Å²) in [6, 6.07) is 0. The highest BCUT2D eigenvalue weighted by molar-refractivity contribution is 5.84. The maximum absolute atomic E-state index is 12.2. The van der Waals surface area contributed by atoms with Gasteiger partial charge >= 0.3 is 6.09 Å². The lowest BCUT2D eigenvalue weighted by atomic mass is 9.93. The Hall–Kier alpha value is -1.99. The van der Waals surface area contributed by atoms with Crippen molar-refractivity contribution in [3.8, 4) is 0 Å². The molecule has 3 N–H and O–H groups in total. The largest absolute Gasteiger partial charge is 0.444 e. The van der Waals surface area contributed by atoms with Crippen LogP contribution in [-0.2, 0) is 9.53 Å². The third-order valence-corrected chi connectivity index (χ3v) is 4.13. The molecule has 0 aliphatic rings. The molecule has 158 valence electrons. The van der Waals surface area contributed by atoms with Gasteiger partial charge in [-0.25, -0.2) is 9.79 Å². The van der Waals surface area contributed by atoms with Crippen molar-refractivity contribution in [2.75, 3.05) is 33.7 Å². The van der Waals surface area contributed by atoms with E-state index in [0.29, 0.717) is 12.5 Å². The molecule has 0 rings (SSSR count). The van der Waals surface area contributed by atoms with Gasteiger partial charge < -0.3 is 25.6 Å². The summed E-state index contributed by atoms with van der Waals surface area (Å²) in [6.45, 7) is 12.9. The number of nitrogens with zero attached hydrogens (tertiary/aromatic N) is 2. The fourth-order valence-electron chi connectivity index (χ4n) is 2.20. The molecule has 0 saturated heterocycles. The molecule has 27 heavy (non-hydrogen) atoms. The minimum absolute atomic E-state index is 0.0663. The van der Waals surface area contributed by atoms with Crippen LogP contribution < -0.4 is 16.0 Å². The first-order chi connectivity index (χ1) is 12.5. The van der Waals surface area contributed by atoms with Gasteiger partial charge in [0.25, 0.3) is 0 Å². The van der Waals surface area contributed by atoms with Gasteiger partial charge in [0.2, 0.25) is 5.91 Å². The van der Waals surface area contributed by atoms with Crippen LogP contribution in [0.25, 0.3) is 0 Å². The molecular formula is C19H39N5O3. The van der Waals surface area contributed by atoms with Gasteiger partial charge in [0.15, 0.2) is 5.96 Å². The highest BCUT2D eigenvalue weighted by Crippen LogP contribution is 2.16. The SMILES string of the molecule is CCCNC(=NCC(=O)N(C)C)NCC(CC)(CC)NC(=O)OC(C)(C)C. The second kappa shape index (κ2) is 11.7. The van der Waals surface area contributed by atoms with Crippen molar-refractivity contribution in [3.63, 3.8) is 0 Å². The number of carbonyl (C=O) groups excluding carboxylic acids is 2. The van der Waals surface area contributed by atoms with E-state index in [9.17, 15) is 9.59 Å². The number of likely N-dealkylation sites (N-methyl/N-ethyl adjacent to an activating group) is 1. The number of rotatable bonds is 9. The van der Waals surface area contributed by atoms with Crippen LogP contribution in [0.4, 0.5) is 4.79 Å². The van der Waals surface area contributed by atoms with Crippen LogP contribution in [0.5, 0.6) is 0 Å². The zero-order valence-corrected chi connectivity index (χ0v) is 18.4. The van der Waals surface area contributed by atoms with Crippen molar-refractivity contribution in [2.45, 2.75) is 71.9 Å². The lowest BCUT2D eigenvalue weighted by Crippen LogP contribution is -2.57. The first-order valence-corrected chi connectivity index (χ1v) is 9.72. The summed E-state index contributed by atoms with van der Waals surface area (Å²) in [6.07, 6.45) is 1.96. The predicted octanol–water partition coefficient (Wildman–Crippen LogP) is 2.10. The maximum Gasteiger partial charge on any atom is 0.408 e. The number of carbonyl (C=O) groups is 2. The quantitative estimate of drug-likeness (QED) is 0.417. The first-order valence-electron chi connectivity index (χ1n) is 9.72. The Kier molecular flexibility index (Phi) is 10.8. The first kappa shape index (κ1) is 25.0. The summed E-state index contributed by atoms with van der Waals surface area (Å²) in [7, 11) is 3.41. The molecule has 0 spiro atoms. The highest BCUT2D eigenvalue weighted by Gasteiger charge is 2.30. The zero-order chi connectivity index (χ0) is 21.1. The Morgan fingerprint density at radius 1 is 1.04 bits per heavy atom. The number of hydrogen-bond donors (Lipinski definition) is 3. The molecule has 2 amide bonds. The topological polar surface area (TPSA) is 95.1 Å². The Balaban J connectivity index is 5.08. The van der Waals surface area contributed by atoms with Crippen molar-refractivity contribution in [1.82, 2.24) is 20.9 Å². The van der Waals surface area contributed by atoms with Gasteiger partial charge in [0.1, 0.15) is 12.1 Å². The van der Waals surface area contributed by atoms with Crippen LogP contribution in [0.3, 0.4) is 0 Å². The number of alkyl carbamates (subject to hydrolysis) is 1. The molecule has 0 aliphatic heterocycles. The monoisotopic (exact) mass is 385 g/mol. The van der Waals surface area contributed by atoms with Crippen molar-refractivity contribution < 1.29 is 14.3 Å². The van der Waals surface area contributed by atoms with Crippen molar-refractivity contribution in [3.05, 3.63) is 0 Å². The van der Waals surface area contributed by atoms with E-state index in [4.69, 9.17) is 4.74 Å². The molecular weight excluding hydrogens is 346 g/mol. The molecule has 0 aromatic heterocycles. The van der Waals surface area contributed by atoms with Gasteiger partial charge in [0, 0.05) is 27.2 Å². The van der Waals surface area contributed by atoms with E-state index in [1.54, 1.807) is 14.1 Å². The van der Waals surface area contributed by atoms with Gasteiger partial charge in [-0.1, -0.05) is 20.8 Å². The lowest BCUT2D eigenvalue weighted by Gasteiger charge is -2.34. The maximum atomic E-state index is 12.2. The summed E-state index contributed by atoms with van der Waals surface area (Å²) in [5.41, 5.74) is -1.02. The summed E-state index contributed by atoms with van der Waals surface area (Å²) in [5.74, 6) is 0.487. The predicted molar refractivity (Wildman–Crippen MR) is 110 cm³/mol. The van der Waals surface area contributed by atoms with Crippen LogP contribution in [0.1, 0.15) is 60.8 Å². The van der Waals surface area contributed by atoms with Crippen LogP contribution in [0, 0.1) is 0 Å². The highest BCUT2D eigenvalue weighted by atomic mass is 16.6. The Bertz CT molecular complexity index is 494. The van der Waals surface area contributed by atoms with Crippen LogP contribution in [0.15, 0.2) is 4.99 Å². The molecule has 0 radical (unpaired) electrons. The minimum Gasteiger partial charge on any atom is -0.444 e. The van der Waals surface area contributed by atoms with Gasteiger partial charge in [-0.15, -0.1) is 0 Å². The smallest absolute Gasteiger partial charge is 0.408 e. The molecule has 0 bridgehead atoms. The summed E-state index contributed by atoms with van der Waals surface area (Å²) < 4.78 is 5.40. The van der Waals surface area contributed by atoms with Gasteiger partial charge in [-0.05, 0) is 40.0 Å². The molecule has 0 saturated carbocycles. The van der Waals surface area contributed by atoms with E-state index in [1.807, 2.05) is 34.6 Å². The van der Waals surface area contributed by atoms with Crippen molar-refractivity contribution in [1.29, 1.82) is 0 Å². The second-order valence-corrected chi connectivity index (χ2v) is 7.85. The van der Waals surface area contributed by atoms with Crippen LogP contribution in [-0.4, -0.2) is 67.7 Å². The van der Waals surface area contributed by atoms with Crippen molar-refractivity contribution >= 4 is 18.0 Å². The number of hydrogen-bond acceptors (Lipinski definition) is 4. The van der Waals surface area contributed by atoms with E-state index >= 15 is 0 Å². The van der Waals surface area contributed by atoms with Crippen LogP contribution >= 0.6 is 0 Å². The molecule has 0 aromatic carbocycles. The van der Waals surface area contributed by atoms with E-state index in [2.05, 4.69) is 27.9 Å². The molecule has 0 aromatic rings. The van der Waals surface area contributed by atoms with Crippen molar-refractivity contribution in [2.24, 2.45) is 4.99 Å². The average molecular weight is 386 g/mol. The normalized spacial score (nSPS) is 12.4. The summed E-state index contributed by atoms with van der Waals surface area (Å²) in [4.78, 5) is 29.9. The molecule has 0 heterocycles. The molecule has 0 aliphatic carbocycles. The Morgan fingerprint density at radius 3 is 2.07 bits per heavy atom. The third-order valence-electron chi connectivity index (χ3n) is 4.13. The number of nitrogens with one attached hydrogen (secondary N) is 3. The molecule has 0 unspecified atom stereocenters. The number of ether oxygens (including phenoxy) is 1. The Labute approximate surface area is 164 Å². The molecule has 8 nitrogen and oxygen atoms in total. The average Bonchev–Trinajstić information content (AvgIpc) is 2.57. The van der Waals surface area contributed by atoms with Crippen LogP contribution in [0.2, 0.25) is 0 Å². The fourth-order valence-corrected chi connectivity index (χ4v) is 2.20. The minimum atomic E-state index is -0.549. The fraction of sp³-hybridized carbons (Fsp3) is 0.842. The molecule has 8 heteroatoms. The number of aliphatic imine (C=N–C) groups is 1. The van der Waals surface area contributed by atoms with Gasteiger partial charge in [0.05, 0.1) is 5.54 Å². The van der Waals surface area contributed by atoms with Gasteiger partial charge in [-0.3, -0.25) is 4.79 Å². The second-order valence-electron chi connectivity index (χ2n) is 7.85. The zero-order valence-electron chi connectivity index (χ0n) is 18.4. The van der Waals surface area contributed by atoms with Gasteiger partial charge in [-0.2, -0.15) is 0 Å².